The van der Waals surface area contributed by atoms with Gasteiger partial charge in [0.2, 0.25) is 0 Å². The molecule has 0 N–H and O–H groups in total. The molecule has 0 aliphatic rings. The van der Waals surface area contributed by atoms with Gasteiger partial charge in [-0.2, -0.15) is 0 Å². The molecule has 0 saturated heterocycles. The average molecular weight is 937 g/mol. The third-order valence-electron chi connectivity index (χ3n) is 0. The Morgan fingerprint density at radius 2 is 0.122 bits per heavy atom. The van der Waals surface area contributed by atoms with Crippen LogP contribution >= 0.6 is 0 Å². The van der Waals surface area contributed by atoms with Crippen LogP contribution in [-0.2, 0) is 51.2 Å². The maximum atomic E-state index is 6.25. The summed E-state index contributed by atoms with van der Waals surface area (Å²) >= 11 is 0. The van der Waals surface area contributed by atoms with Crippen molar-refractivity contribution in [2.24, 2.45) is 0 Å². The zero-order valence-corrected chi connectivity index (χ0v) is 27.5. The van der Waals surface area contributed by atoms with Crippen molar-refractivity contribution >= 4 is 0 Å². The molecule has 0 aromatic carbocycles. The molecular weight excluding hydrogens is 937 g/mol. The fourth-order valence-corrected chi connectivity index (χ4v) is 0. The molecule has 0 aliphatic carbocycles. The van der Waals surface area contributed by atoms with Crippen molar-refractivity contribution in [3.63, 3.8) is 0 Å². The van der Waals surface area contributed by atoms with Crippen molar-refractivity contribution in [1.29, 1.82) is 94.7 Å². The number of hydrogen-bond acceptors (Lipinski definition) is 18. The smallest absolute Gasteiger partial charge is 0.512 e. The Labute approximate surface area is 340 Å². The molecule has 0 bridgehead atoms. The summed E-state index contributed by atoms with van der Waals surface area (Å²) in [6, 6.07) is 0. The van der Waals surface area contributed by atoms with Crippen molar-refractivity contribution in [3.8, 4) is 0 Å². The third-order valence-corrected chi connectivity index (χ3v) is 0. The van der Waals surface area contributed by atoms with Crippen LogP contribution in [0.15, 0.2) is 0 Å². The zero-order chi connectivity index (χ0) is 36.0. The molecule has 0 atom stereocenters. The molecule has 0 amide bonds. The minimum Gasteiger partial charge on any atom is -0.512 e. The Hall–Kier alpha value is -4.95. The van der Waals surface area contributed by atoms with E-state index in [0.717, 1.165) is 0 Å². The van der Waals surface area contributed by atoms with Crippen LogP contribution in [0.3, 0.4) is 0 Å². The van der Waals surface area contributed by atoms with E-state index in [9.17, 15) is 0 Å². The summed E-state index contributed by atoms with van der Waals surface area (Å²) in [7, 11) is 0. The largest absolute Gasteiger partial charge is 4.00 e. The van der Waals surface area contributed by atoms with Gasteiger partial charge in [0.1, 0.15) is 0 Å². The van der Waals surface area contributed by atoms with Crippen LogP contribution in [-0.4, -0.2) is 0 Å². The first-order valence-electron chi connectivity index (χ1n) is 4.02. The fraction of sp³-hybridized carbons (Fsp3) is 0. The summed E-state index contributed by atoms with van der Waals surface area (Å²) in [6.07, 6.45) is 0. The average Bonchev–Trinajstić information content (AvgIpc) is 3.13. The van der Waals surface area contributed by atoms with Crippen LogP contribution in [0.2, 0.25) is 0 Å². The standard InChI is InChI=1S/18CN.3Fe.2Sm/c18*1-2;;;;;/q18*-1;3*+4;2*+3. The van der Waals surface area contributed by atoms with Gasteiger partial charge in [0.05, 0.1) is 0 Å². The Bertz CT molecular complexity index is 374. The Balaban J connectivity index is -0.00000000396. The van der Waals surface area contributed by atoms with Gasteiger partial charge in [-0.1, -0.05) is 0 Å². The third kappa shape index (κ3) is 1570. The number of rotatable bonds is 0. The predicted octanol–water partition coefficient (Wildman–Crippen LogP) is 1.73. The molecule has 2 radical (unpaired) electrons. The van der Waals surface area contributed by atoms with Crippen LogP contribution in [0.5, 0.6) is 0 Å². The van der Waals surface area contributed by atoms with E-state index < -0.39 is 0 Å². The van der Waals surface area contributed by atoms with Crippen molar-refractivity contribution in [1.82, 2.24) is 0 Å². The summed E-state index contributed by atoms with van der Waals surface area (Å²) in [5, 5.41) is 112. The van der Waals surface area contributed by atoms with E-state index in [4.69, 9.17) is 213 Å². The minimum absolute atomic E-state index is 0. The van der Waals surface area contributed by atoms with E-state index in [1.54, 1.807) is 0 Å². The van der Waals surface area contributed by atoms with Crippen LogP contribution < -0.4 is 0 Å². The Morgan fingerprint density at radius 1 is 0.122 bits per heavy atom. The van der Waals surface area contributed by atoms with Crippen molar-refractivity contribution < 1.29 is 132 Å². The van der Waals surface area contributed by atoms with Gasteiger partial charge in [0.15, 0.2) is 0 Å². The van der Waals surface area contributed by atoms with Crippen LogP contribution in [0, 0.1) is 294 Å². The molecule has 0 heterocycles. The fourth-order valence-electron chi connectivity index (χ4n) is 0. The molecular formula is C18Fe3N18Sm2. The van der Waals surface area contributed by atoms with Crippen LogP contribution in [0.4, 0.5) is 0 Å². The van der Waals surface area contributed by atoms with Gasteiger partial charge in [-0.15, -0.1) is 0 Å². The van der Waals surface area contributed by atoms with Gasteiger partial charge in [-0.05, 0) is 0 Å². The molecule has 0 aromatic rings. The summed E-state index contributed by atoms with van der Waals surface area (Å²) in [6.45, 7) is 85.5. The quantitative estimate of drug-likeness (QED) is 0.246. The first-order valence-corrected chi connectivity index (χ1v) is 4.02. The predicted molar refractivity (Wildman–Crippen MR) is 89.4 cm³/mol. The molecule has 23 heteroatoms. The first kappa shape index (κ1) is 260. The second-order valence-electron chi connectivity index (χ2n) is 0. The Kier molecular flexibility index (Phi) is 10500. The van der Waals surface area contributed by atoms with E-state index in [0.29, 0.717) is 0 Å². The Morgan fingerprint density at radius 3 is 0.122 bits per heavy atom. The molecule has 0 rings (SSSR count). The van der Waals surface area contributed by atoms with Gasteiger partial charge in [0, 0.05) is 0 Å². The maximum absolute atomic E-state index is 6.25. The topological polar surface area (TPSA) is 428 Å². The summed E-state index contributed by atoms with van der Waals surface area (Å²) in [5.74, 6) is 0. The molecule has 0 spiro atoms. The zero-order valence-electron chi connectivity index (χ0n) is 18.9. The summed E-state index contributed by atoms with van der Waals surface area (Å²) in [5.41, 5.74) is 0. The second-order valence-corrected chi connectivity index (χ2v) is 0. The van der Waals surface area contributed by atoms with Crippen molar-refractivity contribution in [2.45, 2.75) is 0 Å². The minimum atomic E-state index is 0. The molecule has 0 unspecified atom stereocenters. The first-order chi connectivity index (χ1) is 18.0. The normalized spacial score (nSPS) is 0.878. The second kappa shape index (κ2) is 1660. The molecule has 18 nitrogen and oxygen atoms in total. The molecule has 0 aliphatic heterocycles. The monoisotopic (exact) mass is 940 g/mol. The van der Waals surface area contributed by atoms with Gasteiger partial charge in [-0.3, -0.25) is 0 Å². The molecule has 198 valence electrons. The summed E-state index contributed by atoms with van der Waals surface area (Å²) in [4.78, 5) is 0. The van der Waals surface area contributed by atoms with Crippen molar-refractivity contribution in [2.75, 3.05) is 0 Å². The van der Waals surface area contributed by atoms with Gasteiger partial charge < -0.3 is 213 Å². The van der Waals surface area contributed by atoms with Crippen LogP contribution in [0.25, 0.3) is 0 Å². The molecule has 0 aromatic heterocycles. The maximum Gasteiger partial charge on any atom is 4.00 e. The molecule has 0 fully saturated rings. The van der Waals surface area contributed by atoms with E-state index in [-0.39, 0.29) is 132 Å². The molecule has 41 heavy (non-hydrogen) atoms. The molecule has 0 saturated carbocycles. The van der Waals surface area contributed by atoms with Gasteiger partial charge in [0.25, 0.3) is 0 Å². The van der Waals surface area contributed by atoms with Crippen molar-refractivity contribution in [3.05, 3.63) is 118 Å². The van der Waals surface area contributed by atoms with Gasteiger partial charge >= 0.3 is 132 Å². The van der Waals surface area contributed by atoms with E-state index in [1.807, 2.05) is 0 Å². The summed E-state index contributed by atoms with van der Waals surface area (Å²) < 4.78 is 0. The van der Waals surface area contributed by atoms with E-state index in [1.165, 1.54) is 0 Å². The van der Waals surface area contributed by atoms with Crippen LogP contribution in [0.1, 0.15) is 0 Å². The number of hydrogen-bond donors (Lipinski definition) is 0. The van der Waals surface area contributed by atoms with E-state index >= 15 is 0 Å². The SMILES string of the molecule is [C-]#N.[C-]#N.[C-]#N.[C-]#N.[C-]#N.[C-]#N.[C-]#N.[C-]#N.[C-]#N.[C-]#N.[C-]#N.[C-]#N.[C-]#N.[C-]#N.[C-]#N.[C-]#N.[C-]#N.[C-]#N.[Fe+4].[Fe+4].[Fe+4].[Sm+3].[Sm+3]. The van der Waals surface area contributed by atoms with Gasteiger partial charge in [-0.25, -0.2) is 0 Å². The number of nitrogens with zero attached hydrogens (tertiary/aromatic N) is 18. The van der Waals surface area contributed by atoms with E-state index in [2.05, 4.69) is 0 Å².